The molecule has 0 radical (unpaired) electrons. The van der Waals surface area contributed by atoms with Gasteiger partial charge in [-0.25, -0.2) is 47.9 Å². The van der Waals surface area contributed by atoms with Gasteiger partial charge in [0.1, 0.15) is 85.3 Å². The number of benzene rings is 10. The van der Waals surface area contributed by atoms with E-state index in [0.29, 0.717) is 36.0 Å². The van der Waals surface area contributed by atoms with Gasteiger partial charge < -0.3 is 74.7 Å². The van der Waals surface area contributed by atoms with E-state index in [-0.39, 0.29) is 119 Å². The minimum Gasteiger partial charge on any atom is -0.508 e. The van der Waals surface area contributed by atoms with Crippen molar-refractivity contribution in [2.24, 2.45) is 0 Å². The number of unbranched alkanes of at least 4 members (excludes halogenated alkanes) is 14. The molecule has 0 aromatic heterocycles. The van der Waals surface area contributed by atoms with Gasteiger partial charge in [0.15, 0.2) is 0 Å². The maximum Gasteiger partial charge on any atom is 0.343 e. The SMILES string of the molecule is CC(C)(C)c1cccc(C(=O)O)c1OC(=O)c1ccc(O)cc1.CC(C)c1cccc(C(=O)O)c1OC(=O)c1ccc(O)cc1.CCCCCCCCCc1cccc(C(=O)O)c1OC(=O)c1ccc(O)cc1.CCCCCCCCc1cccc(C(=O)O)c1OC(=O)c1ccc(O)cc1.CCCCCCc1cccc(C(=O)O)c1OC(=O)c1ccc(O)cc1. The van der Waals surface area contributed by atoms with Crippen LogP contribution >= 0.6 is 0 Å². The number of carbonyl (C=O) groups is 10. The van der Waals surface area contributed by atoms with Crippen LogP contribution in [0.5, 0.6) is 57.5 Å². The van der Waals surface area contributed by atoms with Crippen molar-refractivity contribution >= 4 is 59.7 Å². The van der Waals surface area contributed by atoms with Crippen LogP contribution in [0.2, 0.25) is 0 Å². The molecule has 0 saturated carbocycles. The highest BCUT2D eigenvalue weighted by Crippen LogP contribution is 2.37. The van der Waals surface area contributed by atoms with Crippen molar-refractivity contribution in [1.82, 2.24) is 0 Å². The molecule has 0 aliphatic carbocycles. The number of aromatic carboxylic acids is 5. The quantitative estimate of drug-likeness (QED) is 0.00990. The van der Waals surface area contributed by atoms with Crippen molar-refractivity contribution in [2.75, 3.05) is 0 Å². The number of hydrogen-bond acceptors (Lipinski definition) is 20. The molecule has 0 heterocycles. The van der Waals surface area contributed by atoms with Gasteiger partial charge in [-0.3, -0.25) is 0 Å². The Kier molecular flexibility index (Phi) is 40.7. The third-order valence-electron chi connectivity index (χ3n) is 19.6. The molecule has 0 amide bonds. The minimum absolute atomic E-state index is 0.00178. The van der Waals surface area contributed by atoms with E-state index in [1.54, 1.807) is 54.6 Å². The lowest BCUT2D eigenvalue weighted by molar-refractivity contribution is 0.0660. The van der Waals surface area contributed by atoms with Gasteiger partial charge in [-0.15, -0.1) is 0 Å². The Bertz CT molecular complexity index is 5240. The van der Waals surface area contributed by atoms with E-state index in [9.17, 15) is 99.0 Å². The molecule has 0 atom stereocenters. The number of carboxylic acids is 5. The number of ether oxygens (including phenoxy) is 5. The molecule has 0 aliphatic rings. The molecular weight excluding hydrogens is 1600 g/mol. The number of phenols is 5. The number of para-hydroxylation sites is 5. The van der Waals surface area contributed by atoms with E-state index in [1.807, 2.05) is 40.7 Å². The number of aryl methyl sites for hydroxylation is 3. The van der Waals surface area contributed by atoms with Crippen molar-refractivity contribution in [3.8, 4) is 57.5 Å². The summed E-state index contributed by atoms with van der Waals surface area (Å²) in [7, 11) is 0. The normalized spacial score (nSPS) is 10.6. The molecule has 0 fully saturated rings. The molecular formula is C100H110O25. The van der Waals surface area contributed by atoms with Gasteiger partial charge in [-0.05, 0) is 224 Å². The maximum absolute atomic E-state index is 12.4. The molecule has 10 N–H and O–H groups in total. The van der Waals surface area contributed by atoms with Crippen molar-refractivity contribution < 1.29 is 123 Å². The van der Waals surface area contributed by atoms with E-state index in [4.69, 9.17) is 23.7 Å². The summed E-state index contributed by atoms with van der Waals surface area (Å²) < 4.78 is 27.1. The van der Waals surface area contributed by atoms with Gasteiger partial charge >= 0.3 is 59.7 Å². The predicted molar refractivity (Wildman–Crippen MR) is 472 cm³/mol. The monoisotopic (exact) mass is 1710 g/mol. The number of esters is 5. The maximum atomic E-state index is 12.4. The highest BCUT2D eigenvalue weighted by Gasteiger charge is 2.29. The summed E-state index contributed by atoms with van der Waals surface area (Å²) in [5.41, 5.74) is 4.04. The van der Waals surface area contributed by atoms with Crippen LogP contribution in [-0.2, 0) is 24.7 Å². The summed E-state index contributed by atoms with van der Waals surface area (Å²) in [5.74, 6) is -8.38. The van der Waals surface area contributed by atoms with E-state index >= 15 is 0 Å². The van der Waals surface area contributed by atoms with Crippen molar-refractivity contribution in [1.29, 1.82) is 0 Å². The lowest BCUT2D eigenvalue weighted by atomic mass is 9.85. The van der Waals surface area contributed by atoms with Gasteiger partial charge in [-0.2, -0.15) is 0 Å². The highest BCUT2D eigenvalue weighted by atomic mass is 16.6. The van der Waals surface area contributed by atoms with E-state index in [1.165, 1.54) is 197 Å². The molecule has 25 heteroatoms. The van der Waals surface area contributed by atoms with Crippen LogP contribution in [0.3, 0.4) is 0 Å². The van der Waals surface area contributed by atoms with Crippen LogP contribution in [0.4, 0.5) is 0 Å². The van der Waals surface area contributed by atoms with Crippen LogP contribution in [0.1, 0.15) is 302 Å². The Balaban J connectivity index is 0.000000242. The molecule has 0 spiro atoms. The Hall–Kier alpha value is -14.1. The topological polar surface area (TPSA) is 419 Å². The van der Waals surface area contributed by atoms with Gasteiger partial charge in [0, 0.05) is 5.56 Å². The third kappa shape index (κ3) is 32.3. The summed E-state index contributed by atoms with van der Waals surface area (Å²) in [6, 6.07) is 52.3. The Labute approximate surface area is 727 Å². The summed E-state index contributed by atoms with van der Waals surface area (Å²) in [4.78, 5) is 119. The number of aromatic hydroxyl groups is 5. The van der Waals surface area contributed by atoms with Crippen molar-refractivity contribution in [3.05, 3.63) is 296 Å². The zero-order valence-corrected chi connectivity index (χ0v) is 71.5. The average Bonchev–Trinajstić information content (AvgIpc) is 0.807. The second-order valence-corrected chi connectivity index (χ2v) is 30.6. The third-order valence-corrected chi connectivity index (χ3v) is 19.6. The summed E-state index contributed by atoms with van der Waals surface area (Å²) in [5, 5.41) is 93.4. The summed E-state index contributed by atoms with van der Waals surface area (Å²) in [6.07, 6.45) is 21.0. The van der Waals surface area contributed by atoms with E-state index < -0.39 is 65.1 Å². The number of hydrogen-bond donors (Lipinski definition) is 10. The minimum atomic E-state index is -1.16. The van der Waals surface area contributed by atoms with Crippen LogP contribution in [0.15, 0.2) is 212 Å². The smallest absolute Gasteiger partial charge is 0.343 e. The van der Waals surface area contributed by atoms with Crippen LogP contribution in [-0.4, -0.2) is 111 Å². The van der Waals surface area contributed by atoms with E-state index in [2.05, 4.69) is 20.8 Å². The standard InChI is InChI=1S/C23H28O5.C22H26O5.C20H22O5.C18H18O5.C17H16O5/c1-2-3-4-5-6-7-8-10-17-11-9-12-20(22(25)26)21(17)28-23(27)18-13-15-19(24)16-14-18;1-2-3-4-5-6-7-9-16-10-8-11-19(21(24)25)20(16)27-22(26)17-12-14-18(23)15-13-17;1-2-3-4-5-7-14-8-6-9-17(19(22)23)18(14)25-20(24)15-10-12-16(21)13-11-15;1-18(2,3)14-6-4-5-13(16(20)21)15(14)23-17(22)11-7-9-12(19)10-8-11;1-10(2)13-4-3-5-14(16(19)20)15(13)22-17(21)11-6-8-12(18)9-7-11/h9,11-16,24H,2-8,10H2,1H3,(H,25,26);8,10-15,23H,2-7,9H2,1H3,(H,24,25);6,8-13,21H,2-5,7H2,1H3,(H,22,23);4-10,19H,1-3H3,(H,20,21);3-10,18H,1-2H3,(H,19,20). The molecule has 25 nitrogen and oxygen atoms in total. The van der Waals surface area contributed by atoms with Crippen LogP contribution < -0.4 is 23.7 Å². The van der Waals surface area contributed by atoms with Crippen LogP contribution in [0.25, 0.3) is 0 Å². The first-order valence-corrected chi connectivity index (χ1v) is 41.5. The van der Waals surface area contributed by atoms with E-state index in [0.717, 1.165) is 75.3 Å². The predicted octanol–water partition coefficient (Wildman–Crippen LogP) is 22.3. The molecule has 0 unspecified atom stereocenters. The number of phenolic OH excluding ortho intramolecular Hbond substituents is 5. The molecule has 660 valence electrons. The lowest BCUT2D eigenvalue weighted by Crippen LogP contribution is -2.19. The first-order chi connectivity index (χ1) is 59.7. The van der Waals surface area contributed by atoms with Crippen molar-refractivity contribution in [3.63, 3.8) is 0 Å². The largest absolute Gasteiger partial charge is 0.508 e. The van der Waals surface area contributed by atoms with Gasteiger partial charge in [0.25, 0.3) is 0 Å². The van der Waals surface area contributed by atoms with Crippen LogP contribution in [0, 0.1) is 0 Å². The zero-order chi connectivity index (χ0) is 91.7. The molecule has 0 aliphatic heterocycles. The summed E-state index contributed by atoms with van der Waals surface area (Å²) in [6.45, 7) is 16.0. The van der Waals surface area contributed by atoms with Gasteiger partial charge in [0.05, 0.1) is 27.8 Å². The van der Waals surface area contributed by atoms with Gasteiger partial charge in [0.2, 0.25) is 0 Å². The fourth-order valence-electron chi connectivity index (χ4n) is 12.8. The number of carbonyl (C=O) groups excluding carboxylic acids is 5. The molecule has 125 heavy (non-hydrogen) atoms. The first-order valence-electron chi connectivity index (χ1n) is 41.5. The molecule has 0 bridgehead atoms. The van der Waals surface area contributed by atoms with Crippen molar-refractivity contribution in [2.45, 2.75) is 195 Å². The molecule has 10 aromatic carbocycles. The molecule has 10 rings (SSSR count). The average molecular weight is 1710 g/mol. The Morgan fingerprint density at radius 1 is 0.264 bits per heavy atom. The fraction of sp³-hybridized carbons (Fsp3) is 0.300. The Morgan fingerprint density at radius 2 is 0.472 bits per heavy atom. The fourth-order valence-corrected chi connectivity index (χ4v) is 12.8. The first kappa shape index (κ1) is 99.7. The Morgan fingerprint density at radius 3 is 0.720 bits per heavy atom. The second kappa shape index (κ2) is 51.0. The number of rotatable bonds is 36. The number of carboxylic acid groups (broad SMARTS) is 5. The second-order valence-electron chi connectivity index (χ2n) is 30.6. The molecule has 10 aromatic rings. The summed E-state index contributed by atoms with van der Waals surface area (Å²) >= 11 is 0. The molecule has 0 saturated heterocycles. The lowest BCUT2D eigenvalue weighted by Gasteiger charge is -2.23. The highest BCUT2D eigenvalue weighted by molar-refractivity contribution is 6.00. The zero-order valence-electron chi connectivity index (χ0n) is 71.5. The van der Waals surface area contributed by atoms with Gasteiger partial charge in [-0.1, -0.05) is 206 Å².